The van der Waals surface area contributed by atoms with Gasteiger partial charge in [0.1, 0.15) is 42.7 Å². The minimum atomic E-state index is -1.61. The fourth-order valence-electron chi connectivity index (χ4n) is 4.45. The van der Waals surface area contributed by atoms with Gasteiger partial charge in [0.05, 0.1) is 18.7 Å². The number of hydrogen-bond acceptors (Lipinski definition) is 13. The summed E-state index contributed by atoms with van der Waals surface area (Å²) in [6.45, 7) is 2.81. The molecule has 0 radical (unpaired) electrons. The van der Waals surface area contributed by atoms with E-state index in [1.807, 2.05) is 0 Å². The first-order chi connectivity index (χ1) is 21.4. The average molecular weight is 666 g/mol. The van der Waals surface area contributed by atoms with Crippen molar-refractivity contribution in [2.45, 2.75) is 114 Å². The second-order valence-electron chi connectivity index (χ2n) is 10.7. The molecule has 12 N–H and O–H groups in total. The molecule has 3 amide bonds. The minimum absolute atomic E-state index is 0.00809. The van der Waals surface area contributed by atoms with E-state index in [0.29, 0.717) is 0 Å². The molecule has 0 saturated carbocycles. The molecule has 0 aromatic heterocycles. The van der Waals surface area contributed by atoms with Gasteiger partial charge in [0.2, 0.25) is 17.7 Å². The Morgan fingerprint density at radius 1 is 0.870 bits per heavy atom. The maximum absolute atomic E-state index is 13.2. The highest BCUT2D eigenvalue weighted by atomic mass is 16.6. The predicted molar refractivity (Wildman–Crippen MR) is 152 cm³/mol. The number of hydrogen-bond donors (Lipinski definition) is 11. The van der Waals surface area contributed by atoms with Crippen LogP contribution in [0.1, 0.15) is 52.9 Å². The van der Waals surface area contributed by atoms with Crippen molar-refractivity contribution < 1.29 is 73.7 Å². The fourth-order valence-corrected chi connectivity index (χ4v) is 4.45. The van der Waals surface area contributed by atoms with Crippen LogP contribution in [-0.2, 0) is 43.0 Å². The number of amides is 3. The summed E-state index contributed by atoms with van der Waals surface area (Å²) in [7, 11) is 0. The summed E-state index contributed by atoms with van der Waals surface area (Å²) in [5, 5.41) is 66.9. The largest absolute Gasteiger partial charge is 0.481 e. The van der Waals surface area contributed by atoms with Crippen LogP contribution < -0.4 is 27.0 Å². The van der Waals surface area contributed by atoms with Crippen molar-refractivity contribution in [3.05, 3.63) is 0 Å². The highest BCUT2D eigenvalue weighted by molar-refractivity contribution is 5.92. The monoisotopic (exact) mass is 665 g/mol. The van der Waals surface area contributed by atoms with E-state index in [-0.39, 0.29) is 19.3 Å². The van der Waals surface area contributed by atoms with Gasteiger partial charge in [-0.15, -0.1) is 0 Å². The van der Waals surface area contributed by atoms with Crippen molar-refractivity contribution in [1.29, 1.82) is 0 Å². The van der Waals surface area contributed by atoms with E-state index in [1.54, 1.807) is 0 Å². The first-order valence-corrected chi connectivity index (χ1v) is 14.3. The second-order valence-corrected chi connectivity index (χ2v) is 10.7. The molecule has 20 nitrogen and oxygen atoms in total. The Hall–Kier alpha value is -3.95. The number of nitrogens with one attached hydrogen (secondary N) is 4. The summed E-state index contributed by atoms with van der Waals surface area (Å²) in [4.78, 5) is 83.4. The Morgan fingerprint density at radius 3 is 1.98 bits per heavy atom. The summed E-state index contributed by atoms with van der Waals surface area (Å²) >= 11 is 0. The van der Waals surface area contributed by atoms with Gasteiger partial charge < -0.3 is 61.8 Å². The molecule has 20 heteroatoms. The fraction of sp³-hybridized carbons (Fsp3) is 0.731. The molecule has 0 unspecified atom stereocenters. The number of aliphatic hydroxyl groups is 2. The molecular formula is C26H43N5O15. The topological polar surface area (TPSA) is 333 Å². The van der Waals surface area contributed by atoms with Crippen LogP contribution in [0.5, 0.6) is 0 Å². The highest BCUT2D eigenvalue weighted by Crippen LogP contribution is 2.24. The van der Waals surface area contributed by atoms with Crippen LogP contribution >= 0.6 is 0 Å². The van der Waals surface area contributed by atoms with Gasteiger partial charge in [-0.2, -0.15) is 0 Å². The second kappa shape index (κ2) is 18.9. The zero-order valence-electron chi connectivity index (χ0n) is 25.5. The first-order valence-electron chi connectivity index (χ1n) is 14.3. The van der Waals surface area contributed by atoms with Crippen LogP contribution in [0.3, 0.4) is 0 Å². The lowest BCUT2D eigenvalue weighted by Gasteiger charge is -2.45. The lowest BCUT2D eigenvalue weighted by molar-refractivity contribution is -0.226. The van der Waals surface area contributed by atoms with Crippen molar-refractivity contribution in [3.63, 3.8) is 0 Å². The number of aliphatic carboxylic acids is 4. The number of carbonyl (C=O) groups excluding carboxylic acids is 3. The molecule has 1 heterocycles. The Kier molecular flexibility index (Phi) is 16.5. The molecule has 1 fully saturated rings. The van der Waals surface area contributed by atoms with Gasteiger partial charge in [0, 0.05) is 13.3 Å². The van der Waals surface area contributed by atoms with Crippen molar-refractivity contribution in [2.75, 3.05) is 6.61 Å². The number of carboxylic acid groups (broad SMARTS) is 4. The van der Waals surface area contributed by atoms with E-state index in [4.69, 9.17) is 25.4 Å². The SMILES string of the molecule is CC(=O)N[C@@H]1[C@@H](O[C@H](C)C(=O)O)[C@H](O)[C@@H](CO)O[C@H]1N[C@@H](C)C(=O)N[C@H](CCC(=O)O)C(=O)N[C@H](CCC[C@H](N)C(=O)O)C(=O)O. The lowest BCUT2D eigenvalue weighted by atomic mass is 9.95. The molecule has 0 aromatic carbocycles. The first kappa shape index (κ1) is 40.1. The molecule has 0 spiro atoms. The standard InChI is InChI=1S/C26H43N5O15/c1-10(28-23-18(29-12(3)33)20(45-11(2)24(39)40)19(36)16(9-32)46-23)21(37)30-14(7-8-17(34)35)22(38)31-15(26(43)44)6-4-5-13(27)25(41)42/h10-11,13-16,18-20,23,28,32,36H,4-9,27H2,1-3H3,(H,29,33)(H,30,37)(H,31,38)(H,34,35)(H,39,40)(H,41,42)(H,43,44)/t10-,11+,13-,14+,15+,16+,18+,19+,20+,23+/m0/s1. The molecule has 46 heavy (non-hydrogen) atoms. The van der Waals surface area contributed by atoms with Gasteiger partial charge in [0.15, 0.2) is 6.10 Å². The summed E-state index contributed by atoms with van der Waals surface area (Å²) in [5.41, 5.74) is 5.41. The van der Waals surface area contributed by atoms with Crippen molar-refractivity contribution in [1.82, 2.24) is 21.3 Å². The summed E-state index contributed by atoms with van der Waals surface area (Å²) < 4.78 is 11.1. The molecule has 262 valence electrons. The van der Waals surface area contributed by atoms with E-state index in [1.165, 1.54) is 13.8 Å². The average Bonchev–Trinajstić information content (AvgIpc) is 2.96. The van der Waals surface area contributed by atoms with Crippen molar-refractivity contribution >= 4 is 41.6 Å². The number of carboxylic acids is 4. The van der Waals surface area contributed by atoms with Gasteiger partial charge in [0.25, 0.3) is 0 Å². The molecule has 1 saturated heterocycles. The lowest BCUT2D eigenvalue weighted by Crippen LogP contribution is -2.70. The molecule has 0 aliphatic carbocycles. The molecule has 0 aromatic rings. The van der Waals surface area contributed by atoms with E-state index >= 15 is 0 Å². The highest BCUT2D eigenvalue weighted by Gasteiger charge is 2.48. The van der Waals surface area contributed by atoms with Gasteiger partial charge in [-0.1, -0.05) is 0 Å². The minimum Gasteiger partial charge on any atom is -0.481 e. The van der Waals surface area contributed by atoms with Crippen molar-refractivity contribution in [2.24, 2.45) is 5.73 Å². The molecule has 10 atom stereocenters. The maximum atomic E-state index is 13.2. The number of carbonyl (C=O) groups is 7. The van der Waals surface area contributed by atoms with Crippen LogP contribution in [0.2, 0.25) is 0 Å². The zero-order valence-corrected chi connectivity index (χ0v) is 25.5. The predicted octanol–water partition coefficient (Wildman–Crippen LogP) is -4.09. The number of nitrogens with two attached hydrogens (primary N) is 1. The Morgan fingerprint density at radius 2 is 1.48 bits per heavy atom. The third-order valence-corrected chi connectivity index (χ3v) is 7.01. The Bertz CT molecular complexity index is 1110. The van der Waals surface area contributed by atoms with Crippen LogP contribution in [0.25, 0.3) is 0 Å². The van der Waals surface area contributed by atoms with E-state index in [9.17, 15) is 54.0 Å². The normalized spacial score (nSPS) is 24.3. The molecule has 1 aliphatic heterocycles. The van der Waals surface area contributed by atoms with Crippen LogP contribution in [-0.4, -0.2) is 140 Å². The zero-order chi connectivity index (χ0) is 35.3. The van der Waals surface area contributed by atoms with Crippen LogP contribution in [0.15, 0.2) is 0 Å². The molecule has 0 bridgehead atoms. The quantitative estimate of drug-likeness (QED) is 0.0588. The Labute approximate surface area is 263 Å². The van der Waals surface area contributed by atoms with Gasteiger partial charge in [-0.05, 0) is 39.5 Å². The van der Waals surface area contributed by atoms with Gasteiger partial charge in [-0.3, -0.25) is 29.3 Å². The smallest absolute Gasteiger partial charge is 0.332 e. The number of ether oxygens (including phenoxy) is 2. The molecule has 1 aliphatic rings. The summed E-state index contributed by atoms with van der Waals surface area (Å²) in [6.07, 6.45) is -8.60. The van der Waals surface area contributed by atoms with E-state index in [2.05, 4.69) is 21.3 Å². The third-order valence-electron chi connectivity index (χ3n) is 7.01. The van der Waals surface area contributed by atoms with Crippen LogP contribution in [0.4, 0.5) is 0 Å². The van der Waals surface area contributed by atoms with E-state index in [0.717, 1.165) is 6.92 Å². The summed E-state index contributed by atoms with van der Waals surface area (Å²) in [5.74, 6) is -8.08. The maximum Gasteiger partial charge on any atom is 0.332 e. The van der Waals surface area contributed by atoms with E-state index < -0.39 is 122 Å². The van der Waals surface area contributed by atoms with Gasteiger partial charge >= 0.3 is 23.9 Å². The van der Waals surface area contributed by atoms with Gasteiger partial charge in [-0.25, -0.2) is 9.59 Å². The number of rotatable bonds is 20. The Balaban J connectivity index is 3.13. The van der Waals surface area contributed by atoms with Crippen LogP contribution in [0, 0.1) is 0 Å². The number of aliphatic hydroxyl groups excluding tert-OH is 2. The third kappa shape index (κ3) is 12.8. The molecule has 1 rings (SSSR count). The summed E-state index contributed by atoms with van der Waals surface area (Å²) in [6, 6.07) is -6.91. The molecular weight excluding hydrogens is 622 g/mol. The van der Waals surface area contributed by atoms with Crippen molar-refractivity contribution in [3.8, 4) is 0 Å².